The molecular weight excluding hydrogens is 138 g/mol. The summed E-state index contributed by atoms with van der Waals surface area (Å²) in [6.45, 7) is 2.62. The minimum absolute atomic E-state index is 0.0549. The van der Waals surface area contributed by atoms with Crippen molar-refractivity contribution >= 4 is 5.78 Å². The number of ketones is 1. The first kappa shape index (κ1) is 8.72. The Morgan fingerprint density at radius 2 is 2.18 bits per heavy atom. The van der Waals surface area contributed by atoms with Gasteiger partial charge >= 0.3 is 0 Å². The molecule has 1 aliphatic rings. The first-order valence-electron chi connectivity index (χ1n) is 4.48. The van der Waals surface area contributed by atoms with E-state index in [0.29, 0.717) is 18.7 Å². The van der Waals surface area contributed by atoms with Crippen LogP contribution in [0.15, 0.2) is 0 Å². The zero-order valence-corrected chi connectivity index (χ0v) is 7.23. The topological polar surface area (TPSA) is 43.1 Å². The first-order chi connectivity index (χ1) is 5.25. The Kier molecular flexibility index (Phi) is 2.66. The van der Waals surface area contributed by atoms with E-state index in [-0.39, 0.29) is 5.41 Å². The molecule has 0 aromatic carbocycles. The van der Waals surface area contributed by atoms with Crippen molar-refractivity contribution in [1.82, 2.24) is 0 Å². The van der Waals surface area contributed by atoms with E-state index in [1.807, 2.05) is 0 Å². The summed E-state index contributed by atoms with van der Waals surface area (Å²) in [6, 6.07) is 0. The van der Waals surface area contributed by atoms with Gasteiger partial charge in [0.25, 0.3) is 0 Å². The third-order valence-electron chi connectivity index (χ3n) is 2.95. The minimum atomic E-state index is 0.0549. The Balaban J connectivity index is 2.47. The number of carbonyl (C=O) groups excluding carboxylic acids is 1. The standard InChI is InChI=1S/C9H17NO/c1-2-9(5-3-6-9)8(11)4-7-10/h2-7,10H2,1H3. The molecule has 0 atom stereocenters. The second kappa shape index (κ2) is 3.35. The van der Waals surface area contributed by atoms with Gasteiger partial charge in [0, 0.05) is 11.8 Å². The van der Waals surface area contributed by atoms with Gasteiger partial charge in [-0.3, -0.25) is 4.79 Å². The number of carbonyl (C=O) groups is 1. The molecule has 1 fully saturated rings. The fraction of sp³-hybridized carbons (Fsp3) is 0.889. The summed E-state index contributed by atoms with van der Waals surface area (Å²) >= 11 is 0. The van der Waals surface area contributed by atoms with Crippen molar-refractivity contribution in [2.75, 3.05) is 6.54 Å². The van der Waals surface area contributed by atoms with E-state index in [0.717, 1.165) is 19.3 Å². The summed E-state index contributed by atoms with van der Waals surface area (Å²) in [5, 5.41) is 0. The summed E-state index contributed by atoms with van der Waals surface area (Å²) in [5.41, 5.74) is 5.39. The normalized spacial score (nSPS) is 20.9. The predicted octanol–water partition coefficient (Wildman–Crippen LogP) is 1.48. The van der Waals surface area contributed by atoms with E-state index in [2.05, 4.69) is 6.92 Å². The third-order valence-corrected chi connectivity index (χ3v) is 2.95. The van der Waals surface area contributed by atoms with Crippen LogP contribution in [0.1, 0.15) is 39.0 Å². The SMILES string of the molecule is CCC1(C(=O)CCN)CCC1. The lowest BCUT2D eigenvalue weighted by atomic mass is 9.64. The van der Waals surface area contributed by atoms with Crippen LogP contribution in [0.3, 0.4) is 0 Å². The summed E-state index contributed by atoms with van der Waals surface area (Å²) in [5.74, 6) is 0.397. The van der Waals surface area contributed by atoms with Crippen LogP contribution in [-0.4, -0.2) is 12.3 Å². The Labute approximate surface area is 68.2 Å². The van der Waals surface area contributed by atoms with Crippen LogP contribution < -0.4 is 5.73 Å². The Morgan fingerprint density at radius 1 is 1.55 bits per heavy atom. The second-order valence-corrected chi connectivity index (χ2v) is 3.45. The molecule has 0 bridgehead atoms. The zero-order valence-electron chi connectivity index (χ0n) is 7.23. The van der Waals surface area contributed by atoms with Crippen molar-refractivity contribution in [2.24, 2.45) is 11.1 Å². The third kappa shape index (κ3) is 1.45. The first-order valence-corrected chi connectivity index (χ1v) is 4.48. The molecule has 0 aromatic heterocycles. The van der Waals surface area contributed by atoms with Crippen LogP contribution in [0, 0.1) is 5.41 Å². The summed E-state index contributed by atoms with van der Waals surface area (Å²) in [6.07, 6.45) is 5.01. The van der Waals surface area contributed by atoms with Gasteiger partial charge in [-0.15, -0.1) is 0 Å². The maximum atomic E-state index is 11.5. The van der Waals surface area contributed by atoms with E-state index >= 15 is 0 Å². The maximum absolute atomic E-state index is 11.5. The molecule has 64 valence electrons. The van der Waals surface area contributed by atoms with Gasteiger partial charge in [0.2, 0.25) is 0 Å². The molecule has 0 aliphatic heterocycles. The molecule has 0 heterocycles. The Morgan fingerprint density at radius 3 is 2.45 bits per heavy atom. The largest absolute Gasteiger partial charge is 0.330 e. The van der Waals surface area contributed by atoms with Crippen LogP contribution in [0.25, 0.3) is 0 Å². The van der Waals surface area contributed by atoms with Crippen LogP contribution in [0.4, 0.5) is 0 Å². The van der Waals surface area contributed by atoms with Gasteiger partial charge in [-0.05, 0) is 25.8 Å². The van der Waals surface area contributed by atoms with Crippen molar-refractivity contribution < 1.29 is 4.79 Å². The average molecular weight is 155 g/mol. The number of hydrogen-bond donors (Lipinski definition) is 1. The molecule has 0 unspecified atom stereocenters. The summed E-state index contributed by atoms with van der Waals surface area (Å²) < 4.78 is 0. The average Bonchev–Trinajstić information content (AvgIpc) is 1.87. The van der Waals surface area contributed by atoms with E-state index in [1.54, 1.807) is 0 Å². The molecule has 0 aromatic rings. The molecule has 2 nitrogen and oxygen atoms in total. The molecule has 2 heteroatoms. The molecule has 0 saturated heterocycles. The fourth-order valence-corrected chi connectivity index (χ4v) is 1.83. The lowest BCUT2D eigenvalue weighted by molar-refractivity contribution is -0.133. The minimum Gasteiger partial charge on any atom is -0.330 e. The number of nitrogens with two attached hydrogens (primary N) is 1. The summed E-state index contributed by atoms with van der Waals surface area (Å²) in [4.78, 5) is 11.5. The maximum Gasteiger partial charge on any atom is 0.140 e. The Hall–Kier alpha value is -0.370. The highest BCUT2D eigenvalue weighted by molar-refractivity contribution is 5.85. The lowest BCUT2D eigenvalue weighted by Crippen LogP contribution is -2.38. The molecule has 0 spiro atoms. The van der Waals surface area contributed by atoms with Gasteiger partial charge in [-0.2, -0.15) is 0 Å². The van der Waals surface area contributed by atoms with Crippen molar-refractivity contribution in [3.8, 4) is 0 Å². The van der Waals surface area contributed by atoms with Gasteiger partial charge in [-0.25, -0.2) is 0 Å². The highest BCUT2D eigenvalue weighted by Crippen LogP contribution is 2.45. The van der Waals surface area contributed by atoms with Crippen molar-refractivity contribution in [2.45, 2.75) is 39.0 Å². The smallest absolute Gasteiger partial charge is 0.140 e. The zero-order chi connectivity index (χ0) is 8.32. The monoisotopic (exact) mass is 155 g/mol. The molecule has 1 aliphatic carbocycles. The van der Waals surface area contributed by atoms with Crippen LogP contribution in [0.2, 0.25) is 0 Å². The van der Waals surface area contributed by atoms with Gasteiger partial charge < -0.3 is 5.73 Å². The summed E-state index contributed by atoms with van der Waals surface area (Å²) in [7, 11) is 0. The van der Waals surface area contributed by atoms with E-state index in [9.17, 15) is 4.79 Å². The van der Waals surface area contributed by atoms with Crippen LogP contribution in [0.5, 0.6) is 0 Å². The highest BCUT2D eigenvalue weighted by atomic mass is 16.1. The molecule has 11 heavy (non-hydrogen) atoms. The quantitative estimate of drug-likeness (QED) is 0.668. The van der Waals surface area contributed by atoms with Crippen molar-refractivity contribution in [3.05, 3.63) is 0 Å². The van der Waals surface area contributed by atoms with Crippen LogP contribution >= 0.6 is 0 Å². The molecule has 0 amide bonds. The van der Waals surface area contributed by atoms with E-state index < -0.39 is 0 Å². The predicted molar refractivity (Wildman–Crippen MR) is 45.3 cm³/mol. The lowest BCUT2D eigenvalue weighted by Gasteiger charge is -2.39. The number of rotatable bonds is 4. The van der Waals surface area contributed by atoms with Gasteiger partial charge in [-0.1, -0.05) is 13.3 Å². The molecule has 0 radical (unpaired) electrons. The van der Waals surface area contributed by atoms with Gasteiger partial charge in [0.05, 0.1) is 0 Å². The molecule has 2 N–H and O–H groups in total. The van der Waals surface area contributed by atoms with Crippen molar-refractivity contribution in [1.29, 1.82) is 0 Å². The van der Waals surface area contributed by atoms with Gasteiger partial charge in [0.1, 0.15) is 5.78 Å². The van der Waals surface area contributed by atoms with E-state index in [1.165, 1.54) is 6.42 Å². The van der Waals surface area contributed by atoms with Gasteiger partial charge in [0.15, 0.2) is 0 Å². The highest BCUT2D eigenvalue weighted by Gasteiger charge is 2.40. The van der Waals surface area contributed by atoms with Crippen LogP contribution in [-0.2, 0) is 4.79 Å². The number of Topliss-reactive ketones (excluding diaryl/α,β-unsaturated/α-hetero) is 1. The Bertz CT molecular complexity index is 144. The van der Waals surface area contributed by atoms with E-state index in [4.69, 9.17) is 5.73 Å². The molecule has 1 saturated carbocycles. The molecule has 1 rings (SSSR count). The fourth-order valence-electron chi connectivity index (χ4n) is 1.83. The number of hydrogen-bond acceptors (Lipinski definition) is 2. The van der Waals surface area contributed by atoms with Crippen molar-refractivity contribution in [3.63, 3.8) is 0 Å². The molecular formula is C9H17NO. The second-order valence-electron chi connectivity index (χ2n) is 3.45.